The number of carboxylic acids is 1. The Morgan fingerprint density at radius 2 is 1.86 bits per heavy atom. The van der Waals surface area contributed by atoms with E-state index in [1.165, 1.54) is 19.2 Å². The molecule has 6 nitrogen and oxygen atoms in total. The molecule has 0 aliphatic rings. The summed E-state index contributed by atoms with van der Waals surface area (Å²) in [5, 5.41) is 11.1. The molecule has 0 saturated heterocycles. The Kier molecular flexibility index (Phi) is 6.17. The Morgan fingerprint density at radius 1 is 1.27 bits per heavy atom. The van der Waals surface area contributed by atoms with Crippen molar-refractivity contribution in [3.05, 3.63) is 29.8 Å². The summed E-state index contributed by atoms with van der Waals surface area (Å²) in [6.07, 6.45) is -4.96. The van der Waals surface area contributed by atoms with Crippen molar-refractivity contribution in [2.24, 2.45) is 0 Å². The molecule has 2 N–H and O–H groups in total. The molecule has 1 rings (SSSR count). The van der Waals surface area contributed by atoms with Crippen molar-refractivity contribution < 1.29 is 37.3 Å². The van der Waals surface area contributed by atoms with Crippen LogP contribution in [-0.4, -0.2) is 43.1 Å². The minimum Gasteiger partial charge on any atom is -0.480 e. The van der Waals surface area contributed by atoms with Gasteiger partial charge < -0.3 is 19.9 Å². The van der Waals surface area contributed by atoms with Gasteiger partial charge in [-0.1, -0.05) is 12.1 Å². The van der Waals surface area contributed by atoms with Gasteiger partial charge in [-0.2, -0.15) is 0 Å². The van der Waals surface area contributed by atoms with Gasteiger partial charge in [-0.15, -0.1) is 13.2 Å². The molecule has 9 heteroatoms. The Morgan fingerprint density at radius 3 is 2.32 bits per heavy atom. The number of benzene rings is 1. The van der Waals surface area contributed by atoms with Crippen molar-refractivity contribution in [1.82, 2.24) is 5.32 Å². The maximum Gasteiger partial charge on any atom is 0.573 e. The molecule has 0 spiro atoms. The summed E-state index contributed by atoms with van der Waals surface area (Å²) in [7, 11) is 1.29. The molecule has 1 atom stereocenters. The topological polar surface area (TPSA) is 84.9 Å². The summed E-state index contributed by atoms with van der Waals surface area (Å²) in [5.74, 6) is -2.24. The predicted molar refractivity (Wildman–Crippen MR) is 68.3 cm³/mol. The van der Waals surface area contributed by atoms with Crippen molar-refractivity contribution in [2.45, 2.75) is 18.8 Å². The van der Waals surface area contributed by atoms with Crippen LogP contribution in [0.1, 0.15) is 5.56 Å². The van der Waals surface area contributed by atoms with Crippen LogP contribution in [0.2, 0.25) is 0 Å². The van der Waals surface area contributed by atoms with Crippen LogP contribution in [0.3, 0.4) is 0 Å². The molecule has 0 saturated carbocycles. The average Bonchev–Trinajstić information content (AvgIpc) is 2.38. The number of amides is 1. The van der Waals surface area contributed by atoms with E-state index in [4.69, 9.17) is 5.11 Å². The van der Waals surface area contributed by atoms with E-state index in [2.05, 4.69) is 14.8 Å². The maximum atomic E-state index is 12.0. The van der Waals surface area contributed by atoms with Gasteiger partial charge in [-0.05, 0) is 17.7 Å². The average molecular weight is 321 g/mol. The largest absolute Gasteiger partial charge is 0.573 e. The minimum absolute atomic E-state index is 0.181. The predicted octanol–water partition coefficient (Wildman–Crippen LogP) is 1.34. The third-order valence-electron chi connectivity index (χ3n) is 2.49. The molecular weight excluding hydrogens is 307 g/mol. The van der Waals surface area contributed by atoms with Crippen molar-refractivity contribution in [3.63, 3.8) is 0 Å². The molecule has 0 bridgehead atoms. The van der Waals surface area contributed by atoms with Crippen LogP contribution in [0.5, 0.6) is 5.75 Å². The molecule has 0 aliphatic carbocycles. The first-order valence-electron chi connectivity index (χ1n) is 6.07. The van der Waals surface area contributed by atoms with Crippen LogP contribution in [-0.2, 0) is 20.7 Å². The number of hydrogen-bond donors (Lipinski definition) is 2. The summed E-state index contributed by atoms with van der Waals surface area (Å²) < 4.78 is 44.3. The van der Waals surface area contributed by atoms with Gasteiger partial charge in [0.25, 0.3) is 0 Å². The van der Waals surface area contributed by atoms with Gasteiger partial charge in [0, 0.05) is 7.11 Å². The zero-order valence-corrected chi connectivity index (χ0v) is 11.5. The molecule has 0 aliphatic heterocycles. The third kappa shape index (κ3) is 6.44. The lowest BCUT2D eigenvalue weighted by molar-refractivity contribution is -0.274. The van der Waals surface area contributed by atoms with E-state index in [1.807, 2.05) is 0 Å². The lowest BCUT2D eigenvalue weighted by Crippen LogP contribution is -2.44. The highest BCUT2D eigenvalue weighted by Gasteiger charge is 2.31. The number of hydrogen-bond acceptors (Lipinski definition) is 4. The molecule has 1 unspecified atom stereocenters. The molecular formula is C13H14F3NO5. The van der Waals surface area contributed by atoms with E-state index in [0.717, 1.165) is 12.1 Å². The molecule has 0 radical (unpaired) electrons. The number of carbonyl (C=O) groups excluding carboxylic acids is 1. The number of aliphatic carboxylic acids is 1. The van der Waals surface area contributed by atoms with Gasteiger partial charge in [-0.3, -0.25) is 4.79 Å². The Labute approximate surface area is 123 Å². The van der Waals surface area contributed by atoms with Gasteiger partial charge in [0.1, 0.15) is 5.75 Å². The van der Waals surface area contributed by atoms with Crippen LogP contribution in [0.25, 0.3) is 0 Å². The van der Waals surface area contributed by atoms with Gasteiger partial charge in [0.2, 0.25) is 5.91 Å². The van der Waals surface area contributed by atoms with Gasteiger partial charge in [0.15, 0.2) is 6.04 Å². The number of halogens is 3. The zero-order chi connectivity index (χ0) is 16.8. The van der Waals surface area contributed by atoms with E-state index < -0.39 is 30.0 Å². The molecule has 1 aromatic rings. The number of nitrogens with one attached hydrogen (secondary N) is 1. The second kappa shape index (κ2) is 7.64. The zero-order valence-electron chi connectivity index (χ0n) is 11.5. The fourth-order valence-electron chi connectivity index (χ4n) is 1.58. The fourth-order valence-corrected chi connectivity index (χ4v) is 1.58. The molecule has 122 valence electrons. The van der Waals surface area contributed by atoms with E-state index >= 15 is 0 Å². The van der Waals surface area contributed by atoms with E-state index in [0.29, 0.717) is 5.56 Å². The Balaban J connectivity index is 2.59. The first-order valence-corrected chi connectivity index (χ1v) is 6.07. The molecule has 1 aromatic carbocycles. The lowest BCUT2D eigenvalue weighted by Gasteiger charge is -2.13. The van der Waals surface area contributed by atoms with Crippen LogP contribution in [0, 0.1) is 0 Å². The van der Waals surface area contributed by atoms with Crippen LogP contribution >= 0.6 is 0 Å². The van der Waals surface area contributed by atoms with Gasteiger partial charge in [-0.25, -0.2) is 4.79 Å². The van der Waals surface area contributed by atoms with Crippen molar-refractivity contribution >= 4 is 11.9 Å². The number of methoxy groups -OCH3 is 1. The first-order chi connectivity index (χ1) is 10.2. The summed E-state index contributed by atoms with van der Waals surface area (Å²) in [4.78, 5) is 22.5. The first kappa shape index (κ1) is 17.8. The van der Waals surface area contributed by atoms with Crippen LogP contribution < -0.4 is 10.1 Å². The Hall–Kier alpha value is -2.29. The van der Waals surface area contributed by atoms with Crippen molar-refractivity contribution in [3.8, 4) is 5.75 Å². The van der Waals surface area contributed by atoms with Crippen molar-refractivity contribution in [2.75, 3.05) is 13.7 Å². The highest BCUT2D eigenvalue weighted by Crippen LogP contribution is 2.22. The summed E-state index contributed by atoms with van der Waals surface area (Å²) in [6.45, 7) is -0.195. The second-order valence-corrected chi connectivity index (χ2v) is 4.28. The fraction of sp³-hybridized carbons (Fsp3) is 0.385. The van der Waals surface area contributed by atoms with Crippen LogP contribution in [0.4, 0.5) is 13.2 Å². The molecule has 0 heterocycles. The molecule has 1 amide bonds. The van der Waals surface area contributed by atoms with Crippen molar-refractivity contribution in [1.29, 1.82) is 0 Å². The second-order valence-electron chi connectivity index (χ2n) is 4.28. The lowest BCUT2D eigenvalue weighted by atomic mass is 10.1. The SMILES string of the molecule is COCC(NC(=O)Cc1ccc(OC(F)(F)F)cc1)C(=O)O. The van der Waals surface area contributed by atoms with Crippen LogP contribution in [0.15, 0.2) is 24.3 Å². The molecule has 0 fully saturated rings. The number of ether oxygens (including phenoxy) is 2. The number of carboxylic acid groups (broad SMARTS) is 1. The number of rotatable bonds is 7. The number of alkyl halides is 3. The van der Waals surface area contributed by atoms with Gasteiger partial charge >= 0.3 is 12.3 Å². The summed E-state index contributed by atoms with van der Waals surface area (Å²) >= 11 is 0. The summed E-state index contributed by atoms with van der Waals surface area (Å²) in [6, 6.07) is 3.52. The minimum atomic E-state index is -4.78. The monoisotopic (exact) mass is 321 g/mol. The maximum absolute atomic E-state index is 12.0. The van der Waals surface area contributed by atoms with E-state index in [-0.39, 0.29) is 13.0 Å². The normalized spacial score (nSPS) is 12.5. The molecule has 22 heavy (non-hydrogen) atoms. The summed E-state index contributed by atoms with van der Waals surface area (Å²) in [5.41, 5.74) is 0.411. The van der Waals surface area contributed by atoms with Gasteiger partial charge in [0.05, 0.1) is 13.0 Å². The highest BCUT2D eigenvalue weighted by molar-refractivity contribution is 5.84. The van der Waals surface area contributed by atoms with E-state index in [1.54, 1.807) is 0 Å². The quantitative estimate of drug-likeness (QED) is 0.792. The third-order valence-corrected chi connectivity index (χ3v) is 2.49. The number of carbonyl (C=O) groups is 2. The van der Waals surface area contributed by atoms with E-state index in [9.17, 15) is 22.8 Å². The highest BCUT2D eigenvalue weighted by atomic mass is 19.4. The Bertz CT molecular complexity index is 515. The molecule has 0 aromatic heterocycles. The smallest absolute Gasteiger partial charge is 0.480 e. The standard InChI is InChI=1S/C13H14F3NO5/c1-21-7-10(12(19)20)17-11(18)6-8-2-4-9(5-3-8)22-13(14,15)16/h2-5,10H,6-7H2,1H3,(H,17,18)(H,19,20).